The Morgan fingerprint density at radius 1 is 1.20 bits per heavy atom. The van der Waals surface area contributed by atoms with Crippen LogP contribution in [0.2, 0.25) is 5.02 Å². The first kappa shape index (κ1) is 17.8. The normalized spacial score (nSPS) is 11.7. The third-order valence-electron chi connectivity index (χ3n) is 2.64. The Labute approximate surface area is 135 Å². The summed E-state index contributed by atoms with van der Waals surface area (Å²) in [5.41, 5.74) is 1.35. The number of hydrogen-bond acceptors (Lipinski definition) is 2. The van der Waals surface area contributed by atoms with Crippen LogP contribution < -0.4 is 10.1 Å². The predicted molar refractivity (Wildman–Crippen MR) is 86.7 cm³/mol. The smallest absolute Gasteiger partial charge is 0.152 e. The number of ether oxygens (including phenoxy) is 2. The molecule has 0 atom stereocenters. The van der Waals surface area contributed by atoms with Gasteiger partial charge in [-0.05, 0) is 61.3 Å². The lowest BCUT2D eigenvalue weighted by atomic mass is 10.1. The molecule has 114 valence electrons. The Morgan fingerprint density at radius 2 is 1.90 bits per heavy atom. The van der Waals surface area contributed by atoms with Crippen LogP contribution in [-0.4, -0.2) is 31.9 Å². The Balaban J connectivity index is 2.22. The quantitative estimate of drug-likeness (QED) is 0.753. The van der Waals surface area contributed by atoms with Crippen LogP contribution in [0, 0.1) is 6.92 Å². The molecule has 0 amide bonds. The minimum Gasteiger partial charge on any atom is -0.488 e. The molecular weight excluding hydrogens is 342 g/mol. The lowest BCUT2D eigenvalue weighted by Crippen LogP contribution is -2.95. The molecule has 1 rings (SSSR count). The second-order valence-corrected chi connectivity index (χ2v) is 7.14. The van der Waals surface area contributed by atoms with E-state index >= 15 is 0 Å². The van der Waals surface area contributed by atoms with E-state index in [2.05, 4.69) is 42.0 Å². The SMILES string of the molecule is Cc1cc(Cl)c(OCCOCC[NH2+]C(C)(C)C)c(Br)c1. The average molecular weight is 366 g/mol. The lowest BCUT2D eigenvalue weighted by Gasteiger charge is -2.16. The molecule has 20 heavy (non-hydrogen) atoms. The van der Waals surface area contributed by atoms with Crippen LogP contribution in [0.15, 0.2) is 16.6 Å². The van der Waals surface area contributed by atoms with Gasteiger partial charge in [0.2, 0.25) is 0 Å². The van der Waals surface area contributed by atoms with Crippen molar-refractivity contribution in [1.29, 1.82) is 0 Å². The molecule has 0 aliphatic heterocycles. The first-order chi connectivity index (χ1) is 9.29. The zero-order chi connectivity index (χ0) is 15.2. The van der Waals surface area contributed by atoms with Crippen LogP contribution in [0.4, 0.5) is 0 Å². The van der Waals surface area contributed by atoms with Gasteiger partial charge in [-0.3, -0.25) is 0 Å². The predicted octanol–water partition coefficient (Wildman–Crippen LogP) is 3.17. The molecule has 3 nitrogen and oxygen atoms in total. The first-order valence-electron chi connectivity index (χ1n) is 6.80. The summed E-state index contributed by atoms with van der Waals surface area (Å²) in [6.45, 7) is 11.3. The molecule has 2 N–H and O–H groups in total. The number of nitrogens with two attached hydrogens (primary N) is 1. The molecule has 0 radical (unpaired) electrons. The fourth-order valence-electron chi connectivity index (χ4n) is 1.70. The van der Waals surface area contributed by atoms with Gasteiger partial charge in [0.25, 0.3) is 0 Å². The zero-order valence-electron chi connectivity index (χ0n) is 12.6. The van der Waals surface area contributed by atoms with Crippen molar-refractivity contribution in [2.75, 3.05) is 26.4 Å². The number of quaternary nitrogens is 1. The first-order valence-corrected chi connectivity index (χ1v) is 7.97. The van der Waals surface area contributed by atoms with Gasteiger partial charge in [-0.25, -0.2) is 0 Å². The number of rotatable bonds is 7. The van der Waals surface area contributed by atoms with Crippen LogP contribution in [0.3, 0.4) is 0 Å². The molecule has 0 aliphatic carbocycles. The maximum atomic E-state index is 6.15. The molecular formula is C15H24BrClNO2+. The second kappa shape index (κ2) is 8.23. The summed E-state index contributed by atoms with van der Waals surface area (Å²) in [7, 11) is 0. The monoisotopic (exact) mass is 364 g/mol. The van der Waals surface area contributed by atoms with E-state index in [9.17, 15) is 0 Å². The Hall–Kier alpha value is -0.290. The third kappa shape index (κ3) is 6.93. The molecule has 0 fully saturated rings. The highest BCUT2D eigenvalue weighted by molar-refractivity contribution is 9.10. The summed E-state index contributed by atoms with van der Waals surface area (Å²) in [6, 6.07) is 3.88. The molecule has 0 aromatic heterocycles. The number of aryl methyl sites for hydroxylation is 1. The highest BCUT2D eigenvalue weighted by atomic mass is 79.9. The highest BCUT2D eigenvalue weighted by Crippen LogP contribution is 2.34. The Bertz CT molecular complexity index is 409. The van der Waals surface area contributed by atoms with Crippen molar-refractivity contribution in [3.05, 3.63) is 27.2 Å². The Morgan fingerprint density at radius 3 is 2.50 bits per heavy atom. The fraction of sp³-hybridized carbons (Fsp3) is 0.600. The van der Waals surface area contributed by atoms with Crippen molar-refractivity contribution >= 4 is 27.5 Å². The maximum absolute atomic E-state index is 6.15. The van der Waals surface area contributed by atoms with Gasteiger partial charge in [0.15, 0.2) is 5.75 Å². The number of benzene rings is 1. The standard InChI is InChI=1S/C15H23BrClNO2/c1-11-9-12(16)14(13(17)10-11)20-8-7-19-6-5-18-15(2,3)4/h9-10,18H,5-8H2,1-4H3/p+1. The van der Waals surface area contributed by atoms with E-state index < -0.39 is 0 Å². The summed E-state index contributed by atoms with van der Waals surface area (Å²) in [4.78, 5) is 0. The molecule has 0 saturated carbocycles. The number of hydrogen-bond donors (Lipinski definition) is 1. The molecule has 0 saturated heterocycles. The summed E-state index contributed by atoms with van der Waals surface area (Å²) in [6.07, 6.45) is 0. The molecule has 0 aliphatic rings. The van der Waals surface area contributed by atoms with Gasteiger partial charge in [-0.15, -0.1) is 0 Å². The molecule has 1 aromatic rings. The summed E-state index contributed by atoms with van der Waals surface area (Å²) >= 11 is 9.61. The van der Waals surface area contributed by atoms with Gasteiger partial charge in [0.1, 0.15) is 6.61 Å². The van der Waals surface area contributed by atoms with E-state index in [0.717, 1.165) is 23.2 Å². The molecule has 0 bridgehead atoms. The molecule has 5 heteroatoms. The van der Waals surface area contributed by atoms with Crippen molar-refractivity contribution in [2.45, 2.75) is 33.2 Å². The van der Waals surface area contributed by atoms with E-state index in [1.165, 1.54) is 0 Å². The van der Waals surface area contributed by atoms with E-state index in [0.29, 0.717) is 24.0 Å². The molecule has 0 spiro atoms. The van der Waals surface area contributed by atoms with Crippen LogP contribution >= 0.6 is 27.5 Å². The topological polar surface area (TPSA) is 35.1 Å². The van der Waals surface area contributed by atoms with Crippen molar-refractivity contribution in [3.8, 4) is 5.75 Å². The minimum atomic E-state index is 0.250. The highest BCUT2D eigenvalue weighted by Gasteiger charge is 2.11. The molecule has 0 unspecified atom stereocenters. The van der Waals surface area contributed by atoms with Gasteiger partial charge in [0.05, 0.1) is 34.8 Å². The molecule has 1 aromatic carbocycles. The van der Waals surface area contributed by atoms with Crippen LogP contribution in [-0.2, 0) is 4.74 Å². The van der Waals surface area contributed by atoms with Crippen molar-refractivity contribution in [3.63, 3.8) is 0 Å². The van der Waals surface area contributed by atoms with Crippen molar-refractivity contribution < 1.29 is 14.8 Å². The van der Waals surface area contributed by atoms with Gasteiger partial charge < -0.3 is 14.8 Å². The van der Waals surface area contributed by atoms with E-state index in [-0.39, 0.29) is 5.54 Å². The van der Waals surface area contributed by atoms with Crippen LogP contribution in [0.1, 0.15) is 26.3 Å². The lowest BCUT2D eigenvalue weighted by molar-refractivity contribution is -0.718. The van der Waals surface area contributed by atoms with Crippen LogP contribution in [0.25, 0.3) is 0 Å². The van der Waals surface area contributed by atoms with E-state index in [1.54, 1.807) is 0 Å². The summed E-state index contributed by atoms with van der Waals surface area (Å²) in [5.74, 6) is 0.683. The average Bonchev–Trinajstić information content (AvgIpc) is 2.29. The number of halogens is 2. The van der Waals surface area contributed by atoms with Crippen LogP contribution in [0.5, 0.6) is 5.75 Å². The minimum absolute atomic E-state index is 0.250. The van der Waals surface area contributed by atoms with Gasteiger partial charge in [0, 0.05) is 0 Å². The third-order valence-corrected chi connectivity index (χ3v) is 3.51. The fourth-order valence-corrected chi connectivity index (χ4v) is 2.84. The summed E-state index contributed by atoms with van der Waals surface area (Å²) in [5, 5.41) is 2.89. The van der Waals surface area contributed by atoms with E-state index in [1.807, 2.05) is 19.1 Å². The summed E-state index contributed by atoms with van der Waals surface area (Å²) < 4.78 is 12.1. The van der Waals surface area contributed by atoms with Crippen molar-refractivity contribution in [2.24, 2.45) is 0 Å². The molecule has 0 heterocycles. The van der Waals surface area contributed by atoms with Crippen molar-refractivity contribution in [1.82, 2.24) is 0 Å². The largest absolute Gasteiger partial charge is 0.488 e. The van der Waals surface area contributed by atoms with Gasteiger partial charge in [-0.2, -0.15) is 0 Å². The van der Waals surface area contributed by atoms with Gasteiger partial charge >= 0.3 is 0 Å². The Kier molecular flexibility index (Phi) is 7.30. The maximum Gasteiger partial charge on any atom is 0.152 e. The van der Waals surface area contributed by atoms with E-state index in [4.69, 9.17) is 21.1 Å². The van der Waals surface area contributed by atoms with Gasteiger partial charge in [-0.1, -0.05) is 11.6 Å². The second-order valence-electron chi connectivity index (χ2n) is 5.88. The zero-order valence-corrected chi connectivity index (χ0v) is 15.0.